The van der Waals surface area contributed by atoms with Gasteiger partial charge < -0.3 is 14.4 Å². The zero-order chi connectivity index (χ0) is 18.4. The van der Waals surface area contributed by atoms with Gasteiger partial charge in [-0.3, -0.25) is 4.79 Å². The van der Waals surface area contributed by atoms with Gasteiger partial charge in [0.05, 0.1) is 6.61 Å². The highest BCUT2D eigenvalue weighted by molar-refractivity contribution is 5.94. The van der Waals surface area contributed by atoms with Crippen molar-refractivity contribution in [3.8, 4) is 11.5 Å². The molecule has 25 heavy (non-hydrogen) atoms. The molecule has 4 nitrogen and oxygen atoms in total. The number of amides is 1. The number of para-hydroxylation sites is 1. The Labute approximate surface area is 143 Å². The van der Waals surface area contributed by atoms with Crippen molar-refractivity contribution in [2.75, 3.05) is 13.7 Å². The summed E-state index contributed by atoms with van der Waals surface area (Å²) in [4.78, 5) is 13.8. The molecule has 0 atom stereocenters. The van der Waals surface area contributed by atoms with Crippen molar-refractivity contribution in [2.24, 2.45) is 0 Å². The molecule has 0 saturated heterocycles. The molecule has 0 spiro atoms. The largest absolute Gasteiger partial charge is 0.573 e. The number of benzene rings is 2. The van der Waals surface area contributed by atoms with Gasteiger partial charge in [0.15, 0.2) is 0 Å². The Balaban J connectivity index is 2.11. The number of halogens is 3. The quantitative estimate of drug-likeness (QED) is 0.779. The predicted octanol–water partition coefficient (Wildman–Crippen LogP) is 4.26. The standard InChI is InChI=1S/C18H18F3NO3/c1-3-24-15-10-8-13(9-11-15)17(23)22(2)12-14-6-4-5-7-16(14)25-18(19,20)21/h4-11H,3,12H2,1-2H3. The molecule has 0 aliphatic heterocycles. The fourth-order valence-electron chi connectivity index (χ4n) is 2.27. The van der Waals surface area contributed by atoms with E-state index in [-0.39, 0.29) is 23.8 Å². The molecule has 134 valence electrons. The van der Waals surface area contributed by atoms with E-state index in [0.717, 1.165) is 0 Å². The van der Waals surface area contributed by atoms with Crippen LogP contribution in [0.25, 0.3) is 0 Å². The van der Waals surface area contributed by atoms with Crippen LogP contribution in [-0.4, -0.2) is 30.8 Å². The molecule has 0 saturated carbocycles. The topological polar surface area (TPSA) is 38.8 Å². The van der Waals surface area contributed by atoms with Gasteiger partial charge in [0, 0.05) is 24.7 Å². The van der Waals surface area contributed by atoms with Gasteiger partial charge in [0.25, 0.3) is 5.91 Å². The number of rotatable bonds is 6. The van der Waals surface area contributed by atoms with Gasteiger partial charge in [-0.2, -0.15) is 0 Å². The van der Waals surface area contributed by atoms with Crippen molar-refractivity contribution in [1.82, 2.24) is 4.90 Å². The van der Waals surface area contributed by atoms with Crippen LogP contribution in [0.3, 0.4) is 0 Å². The number of alkyl halides is 3. The maximum atomic E-state index is 12.5. The lowest BCUT2D eigenvalue weighted by molar-refractivity contribution is -0.275. The fourth-order valence-corrected chi connectivity index (χ4v) is 2.27. The monoisotopic (exact) mass is 353 g/mol. The van der Waals surface area contributed by atoms with E-state index < -0.39 is 6.36 Å². The lowest BCUT2D eigenvalue weighted by atomic mass is 10.1. The third-order valence-corrected chi connectivity index (χ3v) is 3.36. The molecule has 0 fully saturated rings. The van der Waals surface area contributed by atoms with Gasteiger partial charge in [0.2, 0.25) is 0 Å². The summed E-state index contributed by atoms with van der Waals surface area (Å²) in [6.07, 6.45) is -4.78. The second-order valence-corrected chi connectivity index (χ2v) is 5.27. The predicted molar refractivity (Wildman–Crippen MR) is 86.5 cm³/mol. The highest BCUT2D eigenvalue weighted by Gasteiger charge is 2.32. The minimum atomic E-state index is -4.78. The summed E-state index contributed by atoms with van der Waals surface area (Å²) in [6.45, 7) is 2.36. The Morgan fingerprint density at radius 3 is 2.32 bits per heavy atom. The van der Waals surface area contributed by atoms with Crippen LogP contribution in [0.4, 0.5) is 13.2 Å². The molecule has 0 unspecified atom stereocenters. The molecular formula is C18H18F3NO3. The van der Waals surface area contributed by atoms with Crippen LogP contribution in [0, 0.1) is 0 Å². The van der Waals surface area contributed by atoms with Crippen LogP contribution < -0.4 is 9.47 Å². The summed E-state index contributed by atoms with van der Waals surface area (Å²) in [5.74, 6) is 0.0110. The van der Waals surface area contributed by atoms with Crippen LogP contribution >= 0.6 is 0 Å². The van der Waals surface area contributed by atoms with Crippen molar-refractivity contribution in [3.63, 3.8) is 0 Å². The molecule has 0 aliphatic rings. The van der Waals surface area contributed by atoms with E-state index in [0.29, 0.717) is 17.9 Å². The molecule has 1 amide bonds. The normalized spacial score (nSPS) is 11.1. The first-order valence-corrected chi connectivity index (χ1v) is 7.62. The third-order valence-electron chi connectivity index (χ3n) is 3.36. The van der Waals surface area contributed by atoms with E-state index in [1.165, 1.54) is 30.1 Å². The Morgan fingerprint density at radius 2 is 1.72 bits per heavy atom. The van der Waals surface area contributed by atoms with Gasteiger partial charge >= 0.3 is 6.36 Å². The number of hydrogen-bond donors (Lipinski definition) is 0. The molecule has 2 aromatic carbocycles. The average molecular weight is 353 g/mol. The molecule has 0 radical (unpaired) electrons. The van der Waals surface area contributed by atoms with E-state index in [9.17, 15) is 18.0 Å². The maximum absolute atomic E-state index is 12.5. The molecule has 7 heteroatoms. The van der Waals surface area contributed by atoms with E-state index in [4.69, 9.17) is 4.74 Å². The number of ether oxygens (including phenoxy) is 2. The summed E-state index contributed by atoms with van der Waals surface area (Å²) in [5, 5.41) is 0. The molecule has 0 aliphatic carbocycles. The summed E-state index contributed by atoms with van der Waals surface area (Å²) in [5.41, 5.74) is 0.682. The summed E-state index contributed by atoms with van der Waals surface area (Å²) < 4.78 is 46.7. The zero-order valence-electron chi connectivity index (χ0n) is 13.8. The highest BCUT2D eigenvalue weighted by Crippen LogP contribution is 2.27. The maximum Gasteiger partial charge on any atom is 0.573 e. The molecule has 0 N–H and O–H groups in total. The first kappa shape index (κ1) is 18.6. The van der Waals surface area contributed by atoms with Crippen molar-refractivity contribution >= 4 is 5.91 Å². The van der Waals surface area contributed by atoms with E-state index in [1.54, 1.807) is 30.3 Å². The molecule has 0 aromatic heterocycles. The van der Waals surface area contributed by atoms with Crippen LogP contribution in [0.2, 0.25) is 0 Å². The number of nitrogens with zero attached hydrogens (tertiary/aromatic N) is 1. The van der Waals surface area contributed by atoms with Gasteiger partial charge in [-0.05, 0) is 37.3 Å². The Kier molecular flexibility index (Phi) is 5.90. The lowest BCUT2D eigenvalue weighted by Gasteiger charge is -2.20. The number of carbonyl (C=O) groups is 1. The fraction of sp³-hybridized carbons (Fsp3) is 0.278. The van der Waals surface area contributed by atoms with E-state index >= 15 is 0 Å². The first-order valence-electron chi connectivity index (χ1n) is 7.62. The molecule has 0 heterocycles. The Hall–Kier alpha value is -2.70. The SMILES string of the molecule is CCOc1ccc(C(=O)N(C)Cc2ccccc2OC(F)(F)F)cc1. The molecular weight excluding hydrogens is 335 g/mol. The minimum absolute atomic E-state index is 0.0156. The third kappa shape index (κ3) is 5.41. The Morgan fingerprint density at radius 1 is 1.08 bits per heavy atom. The highest BCUT2D eigenvalue weighted by atomic mass is 19.4. The number of hydrogen-bond acceptors (Lipinski definition) is 3. The Bertz CT molecular complexity index is 714. The summed E-state index contributed by atoms with van der Waals surface area (Å²) >= 11 is 0. The summed E-state index contributed by atoms with van der Waals surface area (Å²) in [7, 11) is 1.52. The van der Waals surface area contributed by atoms with Crippen molar-refractivity contribution in [2.45, 2.75) is 19.8 Å². The van der Waals surface area contributed by atoms with E-state index in [2.05, 4.69) is 4.74 Å². The van der Waals surface area contributed by atoms with Crippen molar-refractivity contribution < 1.29 is 27.4 Å². The zero-order valence-corrected chi connectivity index (χ0v) is 13.8. The minimum Gasteiger partial charge on any atom is -0.494 e. The van der Waals surface area contributed by atoms with E-state index in [1.807, 2.05) is 6.92 Å². The number of carbonyl (C=O) groups excluding carboxylic acids is 1. The smallest absolute Gasteiger partial charge is 0.494 e. The molecule has 2 aromatic rings. The molecule has 2 rings (SSSR count). The van der Waals surface area contributed by atoms with Gasteiger partial charge in [-0.1, -0.05) is 18.2 Å². The van der Waals surface area contributed by atoms with Gasteiger partial charge in [0.1, 0.15) is 11.5 Å². The second kappa shape index (κ2) is 7.92. The van der Waals surface area contributed by atoms with Crippen molar-refractivity contribution in [1.29, 1.82) is 0 Å². The van der Waals surface area contributed by atoms with Crippen LogP contribution in [0.5, 0.6) is 11.5 Å². The lowest BCUT2D eigenvalue weighted by Crippen LogP contribution is -2.27. The summed E-state index contributed by atoms with van der Waals surface area (Å²) in [6, 6.07) is 12.3. The van der Waals surface area contributed by atoms with Gasteiger partial charge in [-0.25, -0.2) is 0 Å². The van der Waals surface area contributed by atoms with Crippen molar-refractivity contribution in [3.05, 3.63) is 59.7 Å². The average Bonchev–Trinajstić information content (AvgIpc) is 2.55. The molecule has 0 bridgehead atoms. The van der Waals surface area contributed by atoms with Crippen LogP contribution in [-0.2, 0) is 6.54 Å². The van der Waals surface area contributed by atoms with Gasteiger partial charge in [-0.15, -0.1) is 13.2 Å². The van der Waals surface area contributed by atoms with Crippen LogP contribution in [0.15, 0.2) is 48.5 Å². The second-order valence-electron chi connectivity index (χ2n) is 5.27. The first-order chi connectivity index (χ1) is 11.8. The van der Waals surface area contributed by atoms with Crippen LogP contribution in [0.1, 0.15) is 22.8 Å².